The third-order valence-corrected chi connectivity index (χ3v) is 5.90. The van der Waals surface area contributed by atoms with E-state index in [1.807, 2.05) is 31.7 Å². The molecule has 1 amide bonds. The van der Waals surface area contributed by atoms with Crippen molar-refractivity contribution in [2.45, 2.75) is 70.7 Å². The maximum absolute atomic E-state index is 14.3. The lowest BCUT2D eigenvalue weighted by Crippen LogP contribution is -2.50. The van der Waals surface area contributed by atoms with Gasteiger partial charge in [0.1, 0.15) is 24.1 Å². The van der Waals surface area contributed by atoms with Gasteiger partial charge in [0.15, 0.2) is 0 Å². The molecule has 2 aromatic rings. The van der Waals surface area contributed by atoms with Crippen molar-refractivity contribution in [1.82, 2.24) is 14.9 Å². The summed E-state index contributed by atoms with van der Waals surface area (Å²) in [6.45, 7) is 5.51. The minimum absolute atomic E-state index is 0.0799. The monoisotopic (exact) mass is 439 g/mol. The number of nitriles is 1. The third-order valence-electron chi connectivity index (χ3n) is 5.90. The smallest absolute Gasteiger partial charge is 0.410 e. The predicted molar refractivity (Wildman–Crippen MR) is 115 cm³/mol. The number of rotatable bonds is 5. The van der Waals surface area contributed by atoms with E-state index < -0.39 is 5.82 Å². The zero-order chi connectivity index (χ0) is 22.8. The second-order valence-electron chi connectivity index (χ2n) is 8.52. The molecule has 3 heterocycles. The third kappa shape index (κ3) is 4.44. The summed E-state index contributed by atoms with van der Waals surface area (Å²) >= 11 is 0. The largest absolute Gasteiger partial charge is 0.474 e. The molecule has 32 heavy (non-hydrogen) atoms. The topological polar surface area (TPSA) is 100 Å². The van der Waals surface area contributed by atoms with Crippen molar-refractivity contribution in [2.75, 3.05) is 5.32 Å². The molecule has 2 unspecified atom stereocenters. The van der Waals surface area contributed by atoms with Gasteiger partial charge < -0.3 is 19.7 Å². The van der Waals surface area contributed by atoms with E-state index in [0.29, 0.717) is 30.1 Å². The number of piperidine rings is 1. The molecule has 0 spiro atoms. The van der Waals surface area contributed by atoms with Crippen LogP contribution in [0.15, 0.2) is 24.5 Å². The molecule has 8 nitrogen and oxygen atoms in total. The first-order valence-electron chi connectivity index (χ1n) is 10.8. The van der Waals surface area contributed by atoms with Gasteiger partial charge in [-0.25, -0.2) is 19.2 Å². The lowest BCUT2D eigenvalue weighted by atomic mass is 10.0. The zero-order valence-electron chi connectivity index (χ0n) is 18.3. The van der Waals surface area contributed by atoms with Gasteiger partial charge in [0.2, 0.25) is 5.88 Å². The molecule has 0 radical (unpaired) electrons. The number of hydrogen-bond donors (Lipinski definition) is 1. The van der Waals surface area contributed by atoms with Gasteiger partial charge in [-0.1, -0.05) is 0 Å². The van der Waals surface area contributed by atoms with Crippen LogP contribution in [0.25, 0.3) is 0 Å². The number of fused-ring (bicyclic) bond motifs is 2. The number of amides is 1. The fraction of sp³-hybridized carbons (Fsp3) is 0.478. The normalized spacial score (nSPS) is 21.9. The van der Waals surface area contributed by atoms with Crippen molar-refractivity contribution in [3.8, 4) is 11.9 Å². The number of carbonyl (C=O) groups is 1. The minimum atomic E-state index is -0.540. The Bertz CT molecular complexity index is 1040. The molecular formula is C23H26FN5O3. The molecule has 1 aromatic carbocycles. The SMILES string of the molecule is Cc1c(Nc2ccc(C#N)cc2F)ncnc1OC1CC2CCC(C1)N2C(=O)OC(C)C. The second-order valence-corrected chi connectivity index (χ2v) is 8.52. The summed E-state index contributed by atoms with van der Waals surface area (Å²) in [5.74, 6) is 0.320. The molecule has 2 saturated heterocycles. The van der Waals surface area contributed by atoms with Crippen LogP contribution in [0.4, 0.5) is 20.7 Å². The average Bonchev–Trinajstić information content (AvgIpc) is 3.02. The molecule has 2 fully saturated rings. The van der Waals surface area contributed by atoms with Crippen molar-refractivity contribution >= 4 is 17.6 Å². The first kappa shape index (κ1) is 21.8. The standard InChI is InChI=1S/C23H26FN5O3/c1-13(2)31-23(30)29-16-5-6-17(29)10-18(9-16)32-22-14(3)21(26-12-27-22)28-20-7-4-15(11-25)8-19(20)24/h4,7-8,12-13,16-18H,5-6,9-10H2,1-3H3,(H,26,27,28). The Morgan fingerprint density at radius 3 is 2.62 bits per heavy atom. The molecule has 2 aliphatic rings. The van der Waals surface area contributed by atoms with Gasteiger partial charge in [-0.15, -0.1) is 0 Å². The van der Waals surface area contributed by atoms with Crippen LogP contribution in [-0.4, -0.2) is 45.3 Å². The van der Waals surface area contributed by atoms with E-state index >= 15 is 0 Å². The molecule has 168 valence electrons. The molecule has 1 N–H and O–H groups in total. The summed E-state index contributed by atoms with van der Waals surface area (Å²) in [6.07, 6.45) is 4.18. The number of anilines is 2. The zero-order valence-corrected chi connectivity index (χ0v) is 18.3. The van der Waals surface area contributed by atoms with Crippen LogP contribution in [0, 0.1) is 24.1 Å². The molecule has 9 heteroatoms. The maximum Gasteiger partial charge on any atom is 0.410 e. The second kappa shape index (κ2) is 8.99. The predicted octanol–water partition coefficient (Wildman–Crippen LogP) is 4.46. The highest BCUT2D eigenvalue weighted by molar-refractivity contribution is 5.69. The Morgan fingerprint density at radius 1 is 1.28 bits per heavy atom. The molecule has 1 aromatic heterocycles. The summed E-state index contributed by atoms with van der Waals surface area (Å²) in [5.41, 5.74) is 1.12. The van der Waals surface area contributed by atoms with E-state index in [9.17, 15) is 9.18 Å². The number of halogens is 1. The maximum atomic E-state index is 14.3. The summed E-state index contributed by atoms with van der Waals surface area (Å²) in [7, 11) is 0. The molecule has 2 aliphatic heterocycles. The first-order valence-corrected chi connectivity index (χ1v) is 10.8. The van der Waals surface area contributed by atoms with Crippen LogP contribution in [0.2, 0.25) is 0 Å². The number of ether oxygens (including phenoxy) is 2. The van der Waals surface area contributed by atoms with Crippen molar-refractivity contribution in [3.05, 3.63) is 41.5 Å². The van der Waals surface area contributed by atoms with Crippen molar-refractivity contribution in [1.29, 1.82) is 5.26 Å². The van der Waals surface area contributed by atoms with Crippen molar-refractivity contribution < 1.29 is 18.7 Å². The van der Waals surface area contributed by atoms with Gasteiger partial charge in [0.25, 0.3) is 0 Å². The van der Waals surface area contributed by atoms with E-state index in [1.54, 1.807) is 0 Å². The van der Waals surface area contributed by atoms with Crippen LogP contribution in [0.5, 0.6) is 5.88 Å². The van der Waals surface area contributed by atoms with Gasteiger partial charge >= 0.3 is 6.09 Å². The van der Waals surface area contributed by atoms with Crippen molar-refractivity contribution in [2.24, 2.45) is 0 Å². The molecule has 0 saturated carbocycles. The number of nitrogens with one attached hydrogen (secondary N) is 1. The summed E-state index contributed by atoms with van der Waals surface area (Å²) < 4.78 is 25.9. The fourth-order valence-corrected chi connectivity index (χ4v) is 4.43. The van der Waals surface area contributed by atoms with Crippen molar-refractivity contribution in [3.63, 3.8) is 0 Å². The van der Waals surface area contributed by atoms with Crippen LogP contribution < -0.4 is 10.1 Å². The quantitative estimate of drug-likeness (QED) is 0.734. The van der Waals surface area contributed by atoms with E-state index in [2.05, 4.69) is 15.3 Å². The van der Waals surface area contributed by atoms with Gasteiger partial charge in [-0.3, -0.25) is 0 Å². The summed E-state index contributed by atoms with van der Waals surface area (Å²) in [5, 5.41) is 11.9. The highest BCUT2D eigenvalue weighted by atomic mass is 19.1. The van der Waals surface area contributed by atoms with Crippen LogP contribution in [0.1, 0.15) is 50.7 Å². The average molecular weight is 439 g/mol. The Labute approximate surface area is 186 Å². The number of carbonyl (C=O) groups excluding carboxylic acids is 1. The lowest BCUT2D eigenvalue weighted by Gasteiger charge is -2.38. The van der Waals surface area contributed by atoms with Crippen LogP contribution in [0.3, 0.4) is 0 Å². The molecule has 2 bridgehead atoms. The summed E-state index contributed by atoms with van der Waals surface area (Å²) in [6, 6.07) is 6.31. The lowest BCUT2D eigenvalue weighted by molar-refractivity contribution is 0.0207. The minimum Gasteiger partial charge on any atom is -0.474 e. The molecule has 4 rings (SSSR count). The van der Waals surface area contributed by atoms with Gasteiger partial charge in [0.05, 0.1) is 29.0 Å². The van der Waals surface area contributed by atoms with Crippen LogP contribution >= 0.6 is 0 Å². The Balaban J connectivity index is 1.45. The Morgan fingerprint density at radius 2 is 2.00 bits per heavy atom. The molecule has 0 aliphatic carbocycles. The number of aromatic nitrogens is 2. The Kier molecular flexibility index (Phi) is 6.12. The summed E-state index contributed by atoms with van der Waals surface area (Å²) in [4.78, 5) is 22.8. The highest BCUT2D eigenvalue weighted by Gasteiger charge is 2.45. The van der Waals surface area contributed by atoms with E-state index in [-0.39, 0.29) is 41.6 Å². The highest BCUT2D eigenvalue weighted by Crippen LogP contribution is 2.38. The molecule has 2 atom stereocenters. The first-order chi connectivity index (χ1) is 15.4. The van der Waals surface area contributed by atoms with E-state index in [0.717, 1.165) is 12.8 Å². The molecular weight excluding hydrogens is 413 g/mol. The van der Waals surface area contributed by atoms with Gasteiger partial charge in [0, 0.05) is 24.9 Å². The number of nitrogens with zero attached hydrogens (tertiary/aromatic N) is 4. The van der Waals surface area contributed by atoms with E-state index in [4.69, 9.17) is 14.7 Å². The fourth-order valence-electron chi connectivity index (χ4n) is 4.43. The van der Waals surface area contributed by atoms with Crippen LogP contribution in [-0.2, 0) is 4.74 Å². The van der Waals surface area contributed by atoms with Gasteiger partial charge in [-0.2, -0.15) is 5.26 Å². The van der Waals surface area contributed by atoms with E-state index in [1.165, 1.54) is 24.5 Å². The number of benzene rings is 1. The Hall–Kier alpha value is -3.41. The van der Waals surface area contributed by atoms with Gasteiger partial charge in [-0.05, 0) is 51.8 Å². The number of hydrogen-bond acceptors (Lipinski definition) is 7.